The number of carbonyl (C=O) groups is 2. The number of hydrogen-bond acceptors (Lipinski definition) is 7. The number of hydrogen-bond donors (Lipinski definition) is 2. The van der Waals surface area contributed by atoms with E-state index < -0.39 is 44.4 Å². The zero-order valence-electron chi connectivity index (χ0n) is 22.7. The molecule has 0 aliphatic carbocycles. The number of carboxylic acid groups (broad SMARTS) is 1. The predicted octanol–water partition coefficient (Wildman–Crippen LogP) is 3.74. The second-order valence-electron chi connectivity index (χ2n) is 11.5. The number of likely N-dealkylation sites (tertiary alicyclic amines) is 1. The van der Waals surface area contributed by atoms with Crippen LogP contribution in [0, 0.1) is 0 Å². The van der Waals surface area contributed by atoms with Gasteiger partial charge in [-0.25, -0.2) is 14.8 Å². The molecule has 214 valence electrons. The van der Waals surface area contributed by atoms with E-state index in [-0.39, 0.29) is 29.5 Å². The fourth-order valence-electron chi connectivity index (χ4n) is 4.42. The maximum Gasteiger partial charge on any atom is 0.419 e. The second kappa shape index (κ2) is 11.3. The summed E-state index contributed by atoms with van der Waals surface area (Å²) in [6, 6.07) is -0.707. The van der Waals surface area contributed by atoms with E-state index >= 15 is 0 Å². The number of nitrogens with zero attached hydrogens (tertiary/aromatic N) is 4. The van der Waals surface area contributed by atoms with Crippen molar-refractivity contribution in [1.82, 2.24) is 20.2 Å². The van der Waals surface area contributed by atoms with Crippen LogP contribution in [0.15, 0.2) is 12.4 Å². The van der Waals surface area contributed by atoms with Gasteiger partial charge in [0.25, 0.3) is 5.91 Å². The molecule has 2 aliphatic heterocycles. The summed E-state index contributed by atoms with van der Waals surface area (Å²) in [5.41, 5.74) is -0.910. The molecule has 0 spiro atoms. The molecule has 0 aromatic carbocycles. The number of amides is 2. The Morgan fingerprint density at radius 1 is 1.21 bits per heavy atom. The summed E-state index contributed by atoms with van der Waals surface area (Å²) in [4.78, 5) is 35.6. The Hall–Kier alpha value is -2.45. The van der Waals surface area contributed by atoms with E-state index in [4.69, 9.17) is 14.3 Å². The van der Waals surface area contributed by atoms with Gasteiger partial charge in [-0.3, -0.25) is 4.79 Å². The molecule has 3 heterocycles. The van der Waals surface area contributed by atoms with Crippen LogP contribution in [0.2, 0.25) is 18.1 Å². The van der Waals surface area contributed by atoms with Crippen LogP contribution in [0.3, 0.4) is 0 Å². The molecule has 10 nitrogen and oxygen atoms in total. The molecule has 2 amide bonds. The number of halogens is 3. The molecule has 1 aromatic rings. The smallest absolute Gasteiger partial charge is 0.419 e. The van der Waals surface area contributed by atoms with Crippen molar-refractivity contribution >= 4 is 26.3 Å². The van der Waals surface area contributed by atoms with Crippen LogP contribution in [0.1, 0.15) is 46.1 Å². The van der Waals surface area contributed by atoms with Crippen LogP contribution in [-0.2, 0) is 20.1 Å². The molecule has 2 saturated heterocycles. The summed E-state index contributed by atoms with van der Waals surface area (Å²) in [6.07, 6.45) is -4.17. The molecule has 2 aliphatic rings. The first-order chi connectivity index (χ1) is 17.5. The molecule has 0 radical (unpaired) electrons. The van der Waals surface area contributed by atoms with Crippen molar-refractivity contribution in [2.75, 3.05) is 31.1 Å². The third-order valence-corrected chi connectivity index (χ3v) is 12.0. The van der Waals surface area contributed by atoms with Gasteiger partial charge in [-0.05, 0) is 31.5 Å². The summed E-state index contributed by atoms with van der Waals surface area (Å²) >= 11 is 0. The fourth-order valence-corrected chi connectivity index (χ4v) is 5.76. The Labute approximate surface area is 222 Å². The van der Waals surface area contributed by atoms with Gasteiger partial charge in [0.15, 0.2) is 8.32 Å². The minimum Gasteiger partial charge on any atom is -0.465 e. The van der Waals surface area contributed by atoms with Gasteiger partial charge in [-0.1, -0.05) is 20.8 Å². The van der Waals surface area contributed by atoms with E-state index in [1.807, 2.05) is 4.90 Å². The molecule has 4 atom stereocenters. The highest BCUT2D eigenvalue weighted by Crippen LogP contribution is 2.39. The minimum atomic E-state index is -4.52. The van der Waals surface area contributed by atoms with Gasteiger partial charge in [0.2, 0.25) is 5.95 Å². The molecule has 0 bridgehead atoms. The molecule has 0 unspecified atom stereocenters. The topological polar surface area (TPSA) is 117 Å². The number of aromatic nitrogens is 2. The average molecular weight is 562 g/mol. The number of nitrogens with one attached hydrogen (secondary N) is 1. The molecule has 38 heavy (non-hydrogen) atoms. The molecular weight excluding hydrogens is 523 g/mol. The highest BCUT2D eigenvalue weighted by atomic mass is 28.4. The highest BCUT2D eigenvalue weighted by molar-refractivity contribution is 6.74. The second-order valence-corrected chi connectivity index (χ2v) is 16.2. The lowest BCUT2D eigenvalue weighted by Crippen LogP contribution is -2.60. The first kappa shape index (κ1) is 30.1. The maximum absolute atomic E-state index is 13.3. The van der Waals surface area contributed by atoms with Crippen LogP contribution >= 0.6 is 0 Å². The lowest BCUT2D eigenvalue weighted by Gasteiger charge is -2.47. The Bertz CT molecular complexity index is 989. The zero-order valence-corrected chi connectivity index (χ0v) is 23.7. The lowest BCUT2D eigenvalue weighted by molar-refractivity contribution is -0.141. The van der Waals surface area contributed by atoms with E-state index in [1.54, 1.807) is 11.8 Å². The fraction of sp³-hybridized carbons (Fsp3) is 0.750. The predicted molar refractivity (Wildman–Crippen MR) is 136 cm³/mol. The lowest BCUT2D eigenvalue weighted by atomic mass is 10.0. The zero-order chi connectivity index (χ0) is 28.5. The number of anilines is 1. The third-order valence-electron chi connectivity index (χ3n) is 7.53. The van der Waals surface area contributed by atoms with Crippen molar-refractivity contribution in [3.63, 3.8) is 0 Å². The van der Waals surface area contributed by atoms with E-state index in [2.05, 4.69) is 49.1 Å². The summed E-state index contributed by atoms with van der Waals surface area (Å²) < 4.78 is 51.5. The van der Waals surface area contributed by atoms with Crippen LogP contribution in [0.5, 0.6) is 0 Å². The number of rotatable bonds is 8. The molecule has 2 fully saturated rings. The monoisotopic (exact) mass is 561 g/mol. The van der Waals surface area contributed by atoms with E-state index in [9.17, 15) is 22.8 Å². The van der Waals surface area contributed by atoms with Gasteiger partial charge in [0, 0.05) is 38.4 Å². The third kappa shape index (κ3) is 7.14. The summed E-state index contributed by atoms with van der Waals surface area (Å²) in [6.45, 7) is 13.6. The van der Waals surface area contributed by atoms with E-state index in [0.29, 0.717) is 32.5 Å². The number of carbonyl (C=O) groups excluding carboxylic acids is 1. The van der Waals surface area contributed by atoms with Crippen molar-refractivity contribution in [1.29, 1.82) is 0 Å². The Balaban J connectivity index is 1.76. The van der Waals surface area contributed by atoms with Crippen LogP contribution in [0.4, 0.5) is 23.9 Å². The van der Waals surface area contributed by atoms with Crippen LogP contribution in [0.25, 0.3) is 0 Å². The van der Waals surface area contributed by atoms with Gasteiger partial charge in [0.1, 0.15) is 6.10 Å². The molecule has 3 rings (SSSR count). The number of alkyl halides is 3. The standard InChI is InChI=1S/C24H38F3N5O5Si/c1-15(30-22(34)35)14-36-18-8-10-32(20(18)33)17-7-9-31(13-19(17)37-38(5,6)23(2,3)4)21-28-11-16(12-29-21)24(25,26)27/h11-12,15,17-19,30H,7-10,13-14H2,1-6H3,(H,34,35)/t15-,17-,18+,19-/m0/s1. The summed E-state index contributed by atoms with van der Waals surface area (Å²) in [7, 11) is -2.28. The van der Waals surface area contributed by atoms with Gasteiger partial charge in [0.05, 0.1) is 30.4 Å². The van der Waals surface area contributed by atoms with Crippen molar-refractivity contribution in [3.8, 4) is 0 Å². The van der Waals surface area contributed by atoms with Gasteiger partial charge in [-0.2, -0.15) is 13.2 Å². The van der Waals surface area contributed by atoms with Crippen molar-refractivity contribution in [3.05, 3.63) is 18.0 Å². The summed E-state index contributed by atoms with van der Waals surface area (Å²) in [5.74, 6) is 0.0229. The highest BCUT2D eigenvalue weighted by Gasteiger charge is 2.47. The van der Waals surface area contributed by atoms with Crippen molar-refractivity contribution < 1.29 is 37.0 Å². The molecule has 0 saturated carbocycles. The molecular formula is C24H38F3N5O5Si. The Kier molecular flexibility index (Phi) is 8.98. The van der Waals surface area contributed by atoms with Crippen molar-refractivity contribution in [2.45, 2.75) is 89.1 Å². The van der Waals surface area contributed by atoms with Gasteiger partial charge in [-0.15, -0.1) is 0 Å². The minimum absolute atomic E-state index is 0.0736. The quantitative estimate of drug-likeness (QED) is 0.461. The van der Waals surface area contributed by atoms with Crippen molar-refractivity contribution in [2.24, 2.45) is 0 Å². The van der Waals surface area contributed by atoms with Crippen LogP contribution < -0.4 is 10.2 Å². The molecule has 2 N–H and O–H groups in total. The van der Waals surface area contributed by atoms with Crippen LogP contribution in [-0.4, -0.2) is 90.8 Å². The maximum atomic E-state index is 13.3. The first-order valence-electron chi connectivity index (χ1n) is 12.7. The van der Waals surface area contributed by atoms with Gasteiger partial charge < -0.3 is 29.4 Å². The Morgan fingerprint density at radius 3 is 2.39 bits per heavy atom. The number of ether oxygens (including phenoxy) is 1. The normalized spacial score (nSPS) is 24.0. The number of piperidine rings is 1. The Morgan fingerprint density at radius 2 is 1.84 bits per heavy atom. The average Bonchev–Trinajstić information content (AvgIpc) is 3.15. The van der Waals surface area contributed by atoms with Gasteiger partial charge >= 0.3 is 12.3 Å². The first-order valence-corrected chi connectivity index (χ1v) is 15.6. The SMILES string of the molecule is C[C@@H](CO[C@@H]1CCN([C@H]2CCN(c3ncc(C(F)(F)F)cn3)C[C@@H]2O[Si](C)(C)C(C)(C)C)C1=O)NC(=O)O. The van der Waals surface area contributed by atoms with E-state index in [1.165, 1.54) is 0 Å². The molecule has 1 aromatic heterocycles. The molecule has 14 heteroatoms. The summed E-state index contributed by atoms with van der Waals surface area (Å²) in [5, 5.41) is 11.1. The van der Waals surface area contributed by atoms with E-state index in [0.717, 1.165) is 12.4 Å². The largest absolute Gasteiger partial charge is 0.465 e.